The van der Waals surface area contributed by atoms with E-state index in [-0.39, 0.29) is 29.5 Å². The zero-order valence-electron chi connectivity index (χ0n) is 21.4. The zero-order valence-corrected chi connectivity index (χ0v) is 21.4. The van der Waals surface area contributed by atoms with Crippen LogP contribution in [0.25, 0.3) is 15.9 Å². The summed E-state index contributed by atoms with van der Waals surface area (Å²) in [7, 11) is 1.72. The van der Waals surface area contributed by atoms with E-state index in [0.29, 0.717) is 29.9 Å². The molecule has 0 saturated carbocycles. The van der Waals surface area contributed by atoms with Gasteiger partial charge in [-0.1, -0.05) is 18.7 Å². The van der Waals surface area contributed by atoms with Gasteiger partial charge in [0.1, 0.15) is 5.82 Å². The van der Waals surface area contributed by atoms with E-state index in [1.807, 2.05) is 31.3 Å². The van der Waals surface area contributed by atoms with E-state index in [1.165, 1.54) is 12.1 Å². The fourth-order valence-corrected chi connectivity index (χ4v) is 5.32. The van der Waals surface area contributed by atoms with E-state index in [1.54, 1.807) is 29.8 Å². The predicted molar refractivity (Wildman–Crippen MR) is 143 cm³/mol. The third-order valence-corrected chi connectivity index (χ3v) is 7.25. The first-order chi connectivity index (χ1) is 17.8. The van der Waals surface area contributed by atoms with Crippen molar-refractivity contribution in [2.24, 2.45) is 7.05 Å². The number of nitrogens with zero attached hydrogens (tertiary/aromatic N) is 6. The van der Waals surface area contributed by atoms with Gasteiger partial charge in [0, 0.05) is 44.5 Å². The molecule has 4 heterocycles. The Bertz CT molecular complexity index is 1560. The maximum Gasteiger partial charge on any atom is 0.270 e. The molecule has 0 radical (unpaired) electrons. The fourth-order valence-electron chi connectivity index (χ4n) is 5.32. The van der Waals surface area contributed by atoms with Crippen molar-refractivity contribution in [3.8, 4) is 0 Å². The molecule has 0 aliphatic carbocycles. The molecule has 1 fully saturated rings. The van der Waals surface area contributed by atoms with E-state index in [4.69, 9.17) is 11.6 Å². The van der Waals surface area contributed by atoms with Crippen LogP contribution in [0.3, 0.4) is 0 Å². The van der Waals surface area contributed by atoms with Crippen molar-refractivity contribution >= 4 is 22.5 Å². The summed E-state index contributed by atoms with van der Waals surface area (Å²) in [6.45, 7) is 15.1. The number of aryl methyl sites for hydroxylation is 2. The van der Waals surface area contributed by atoms with Gasteiger partial charge in [0.05, 0.1) is 22.9 Å². The van der Waals surface area contributed by atoms with Crippen molar-refractivity contribution < 1.29 is 4.39 Å². The van der Waals surface area contributed by atoms with Crippen molar-refractivity contribution in [1.29, 1.82) is 0 Å². The summed E-state index contributed by atoms with van der Waals surface area (Å²) in [4.78, 5) is 30.2. The van der Waals surface area contributed by atoms with Crippen molar-refractivity contribution in [2.75, 3.05) is 18.0 Å². The second kappa shape index (κ2) is 9.75. The minimum Gasteiger partial charge on any atom is -0.362 e. The standard InChI is InChI=1S/C29H29FN6O/c1-18-12-13-32-23(14-18)29(21-6-8-22(30)9-7-21)36-17-19(2)35(16-20(36)3)25-15-27(37)34(5)24-10-11-26(31-4)33-28(24)25/h6-15,19-20,29H,16-17H2,1-3,5H3/t19-,20+,29?/m0/s1. The average Bonchev–Trinajstić information content (AvgIpc) is 2.89. The maximum atomic E-state index is 13.8. The van der Waals surface area contributed by atoms with Crippen molar-refractivity contribution in [3.05, 3.63) is 105 Å². The lowest BCUT2D eigenvalue weighted by Gasteiger charge is -2.48. The van der Waals surface area contributed by atoms with Gasteiger partial charge in [0.2, 0.25) is 5.52 Å². The van der Waals surface area contributed by atoms with E-state index >= 15 is 0 Å². The lowest BCUT2D eigenvalue weighted by molar-refractivity contribution is 0.128. The molecule has 3 atom stereocenters. The van der Waals surface area contributed by atoms with Gasteiger partial charge in [-0.05, 0) is 68.3 Å². The number of hydrogen-bond acceptors (Lipinski definition) is 5. The summed E-state index contributed by atoms with van der Waals surface area (Å²) in [5.41, 5.74) is 4.99. The lowest BCUT2D eigenvalue weighted by Crippen LogP contribution is -2.57. The smallest absolute Gasteiger partial charge is 0.270 e. The second-order valence-corrected chi connectivity index (χ2v) is 9.84. The number of hydrogen-bond donors (Lipinski definition) is 0. The number of fused-ring (bicyclic) bond motifs is 1. The molecule has 0 amide bonds. The largest absolute Gasteiger partial charge is 0.362 e. The number of pyridine rings is 3. The molecule has 7 nitrogen and oxygen atoms in total. The molecule has 1 aliphatic heterocycles. The second-order valence-electron chi connectivity index (χ2n) is 9.84. The van der Waals surface area contributed by atoms with Gasteiger partial charge in [-0.25, -0.2) is 4.39 Å². The summed E-state index contributed by atoms with van der Waals surface area (Å²) in [6, 6.07) is 15.7. The van der Waals surface area contributed by atoms with Crippen LogP contribution in [0.1, 0.15) is 36.7 Å². The van der Waals surface area contributed by atoms with E-state index in [2.05, 4.69) is 39.5 Å². The highest BCUT2D eigenvalue weighted by molar-refractivity contribution is 5.89. The van der Waals surface area contributed by atoms with Crippen molar-refractivity contribution in [2.45, 2.75) is 38.9 Å². The Kier molecular flexibility index (Phi) is 6.48. The first-order valence-corrected chi connectivity index (χ1v) is 12.4. The number of aromatic nitrogens is 3. The Morgan fingerprint density at radius 3 is 2.51 bits per heavy atom. The van der Waals surface area contributed by atoms with Crippen LogP contribution in [0.5, 0.6) is 0 Å². The molecule has 188 valence electrons. The molecule has 4 aromatic rings. The number of benzene rings is 1. The molecule has 1 aromatic carbocycles. The first-order valence-electron chi connectivity index (χ1n) is 12.4. The van der Waals surface area contributed by atoms with Crippen LogP contribution in [0, 0.1) is 19.3 Å². The molecule has 0 bridgehead atoms. The highest BCUT2D eigenvalue weighted by Crippen LogP contribution is 2.35. The van der Waals surface area contributed by atoms with Crippen molar-refractivity contribution in [1.82, 2.24) is 19.4 Å². The molecule has 1 saturated heterocycles. The van der Waals surface area contributed by atoms with Gasteiger partial charge >= 0.3 is 0 Å². The molecule has 37 heavy (non-hydrogen) atoms. The summed E-state index contributed by atoms with van der Waals surface area (Å²) in [5.74, 6) is 0.0309. The number of rotatable bonds is 4. The Morgan fingerprint density at radius 1 is 1.05 bits per heavy atom. The number of halogens is 1. The molecule has 5 rings (SSSR count). The van der Waals surface area contributed by atoms with Crippen LogP contribution in [-0.4, -0.2) is 44.6 Å². The minimum atomic E-state index is -0.269. The normalized spacial score (nSPS) is 19.1. The van der Waals surface area contributed by atoms with Crippen LogP contribution in [0.15, 0.2) is 65.6 Å². The van der Waals surface area contributed by atoms with Gasteiger partial charge in [-0.3, -0.25) is 14.7 Å². The zero-order chi connectivity index (χ0) is 26.3. The third kappa shape index (κ3) is 4.58. The summed E-state index contributed by atoms with van der Waals surface area (Å²) >= 11 is 0. The Labute approximate surface area is 215 Å². The molecule has 3 aromatic heterocycles. The Morgan fingerprint density at radius 2 is 1.81 bits per heavy atom. The molecule has 8 heteroatoms. The monoisotopic (exact) mass is 496 g/mol. The molecular weight excluding hydrogens is 467 g/mol. The van der Waals surface area contributed by atoms with Gasteiger partial charge in [0.15, 0.2) is 0 Å². The summed E-state index contributed by atoms with van der Waals surface area (Å²) in [6.07, 6.45) is 1.82. The fraction of sp³-hybridized carbons (Fsp3) is 0.310. The van der Waals surface area contributed by atoms with E-state index in [0.717, 1.165) is 22.5 Å². The molecule has 1 aliphatic rings. The topological polar surface area (TPSA) is 58.6 Å². The SMILES string of the molecule is [C-]#[N+]c1ccc2c(n1)c(N1C[C@@H](C)N(C(c3ccc(F)cc3)c3cc(C)ccn3)C[C@@H]1C)cc(=O)n2C. The summed E-state index contributed by atoms with van der Waals surface area (Å²) < 4.78 is 15.4. The van der Waals surface area contributed by atoms with E-state index in [9.17, 15) is 9.18 Å². The molecule has 0 N–H and O–H groups in total. The number of piperazine rings is 1. The van der Waals surface area contributed by atoms with Crippen LogP contribution in [0.4, 0.5) is 15.9 Å². The van der Waals surface area contributed by atoms with Crippen molar-refractivity contribution in [3.63, 3.8) is 0 Å². The Balaban J connectivity index is 1.56. The highest BCUT2D eigenvalue weighted by atomic mass is 19.1. The van der Waals surface area contributed by atoms with Crippen LogP contribution < -0.4 is 10.5 Å². The number of anilines is 1. The third-order valence-electron chi connectivity index (χ3n) is 7.25. The summed E-state index contributed by atoms with van der Waals surface area (Å²) in [5, 5.41) is 0. The maximum absolute atomic E-state index is 13.8. The van der Waals surface area contributed by atoms with E-state index < -0.39 is 0 Å². The predicted octanol–water partition coefficient (Wildman–Crippen LogP) is 5.02. The molecule has 0 spiro atoms. The van der Waals surface area contributed by atoms with Gasteiger partial charge < -0.3 is 14.3 Å². The lowest BCUT2D eigenvalue weighted by atomic mass is 9.95. The quantitative estimate of drug-likeness (QED) is 0.372. The average molecular weight is 497 g/mol. The first kappa shape index (κ1) is 24.6. The minimum absolute atomic E-state index is 0.0395. The van der Waals surface area contributed by atoms with Gasteiger partial charge in [-0.2, -0.15) is 0 Å². The van der Waals surface area contributed by atoms with Crippen LogP contribution in [0.2, 0.25) is 0 Å². The van der Waals surface area contributed by atoms with Crippen LogP contribution in [-0.2, 0) is 7.05 Å². The highest BCUT2D eigenvalue weighted by Gasteiger charge is 2.37. The van der Waals surface area contributed by atoms with Crippen LogP contribution >= 0.6 is 0 Å². The Hall–Kier alpha value is -4.09. The molecule has 1 unspecified atom stereocenters. The van der Waals surface area contributed by atoms with Gasteiger partial charge in [-0.15, -0.1) is 4.98 Å². The molecular formula is C29H29FN6O. The van der Waals surface area contributed by atoms with Gasteiger partial charge in [0.25, 0.3) is 11.4 Å².